The van der Waals surface area contributed by atoms with Crippen LogP contribution in [-0.4, -0.2) is 16.2 Å². The lowest BCUT2D eigenvalue weighted by atomic mass is 10.6. The molecule has 1 aromatic heterocycles. The van der Waals surface area contributed by atoms with Gasteiger partial charge in [0.1, 0.15) is 0 Å². The van der Waals surface area contributed by atoms with Crippen LogP contribution in [0.25, 0.3) is 0 Å². The molecule has 0 amide bonds. The topological polar surface area (TPSA) is 51.0 Å². The first-order chi connectivity index (χ1) is 5.34. The van der Waals surface area contributed by atoms with E-state index in [1.807, 2.05) is 0 Å². The molecule has 0 aromatic carbocycles. The number of nitrogens with one attached hydrogen (secondary N) is 1. The Bertz CT molecular complexity index is 246. The summed E-state index contributed by atoms with van der Waals surface area (Å²) in [5, 5.41) is 6.87. The van der Waals surface area contributed by atoms with Crippen LogP contribution in [0.2, 0.25) is 0 Å². The zero-order valence-corrected chi connectivity index (χ0v) is 7.47. The Morgan fingerprint density at radius 1 is 1.64 bits per heavy atom. The molecule has 4 nitrogen and oxygen atoms in total. The van der Waals surface area contributed by atoms with Gasteiger partial charge in [-0.3, -0.25) is 0 Å². The van der Waals surface area contributed by atoms with E-state index in [1.165, 1.54) is 12.8 Å². The third kappa shape index (κ3) is 2.00. The van der Waals surface area contributed by atoms with E-state index in [0.717, 1.165) is 0 Å². The van der Waals surface area contributed by atoms with Crippen molar-refractivity contribution in [2.24, 2.45) is 0 Å². The fourth-order valence-corrected chi connectivity index (χ4v) is 1.10. The fourth-order valence-electron chi connectivity index (χ4n) is 0.825. The highest BCUT2D eigenvalue weighted by atomic mass is 79.9. The molecule has 1 aliphatic rings. The third-order valence-electron chi connectivity index (χ3n) is 1.56. The highest BCUT2D eigenvalue weighted by molar-refractivity contribution is 9.10. The van der Waals surface area contributed by atoms with Gasteiger partial charge >= 0.3 is 0 Å². The summed E-state index contributed by atoms with van der Waals surface area (Å²) in [5.41, 5.74) is 0. The number of halogens is 1. The molecule has 0 bridgehead atoms. The minimum Gasteiger partial charge on any atom is -0.337 e. The molecule has 1 aromatic rings. The van der Waals surface area contributed by atoms with E-state index >= 15 is 0 Å². The maximum absolute atomic E-state index is 4.87. The van der Waals surface area contributed by atoms with Crippen molar-refractivity contribution in [3.63, 3.8) is 0 Å². The van der Waals surface area contributed by atoms with Gasteiger partial charge in [-0.1, -0.05) is 0 Å². The normalized spacial score (nSPS) is 17.2. The standard InChI is InChI=1S/C6H8BrN3O/c7-6-9-5(11-10-6)3-8-4-1-2-4/h4,8H,1-3H2. The molecule has 11 heavy (non-hydrogen) atoms. The maximum Gasteiger partial charge on any atom is 0.241 e. The molecule has 0 atom stereocenters. The van der Waals surface area contributed by atoms with Crippen LogP contribution in [0.1, 0.15) is 18.7 Å². The van der Waals surface area contributed by atoms with Crippen LogP contribution in [0, 0.1) is 0 Å². The molecule has 0 spiro atoms. The van der Waals surface area contributed by atoms with Crippen molar-refractivity contribution >= 4 is 15.9 Å². The van der Waals surface area contributed by atoms with E-state index in [0.29, 0.717) is 23.2 Å². The molecule has 5 heteroatoms. The first kappa shape index (κ1) is 7.24. The molecule has 0 aliphatic heterocycles. The molecule has 0 radical (unpaired) electrons. The van der Waals surface area contributed by atoms with Gasteiger partial charge in [-0.15, -0.1) is 0 Å². The second-order valence-corrected chi connectivity index (χ2v) is 3.32. The zero-order valence-electron chi connectivity index (χ0n) is 5.88. The smallest absolute Gasteiger partial charge is 0.241 e. The van der Waals surface area contributed by atoms with Gasteiger partial charge in [0, 0.05) is 6.04 Å². The molecule has 60 valence electrons. The predicted molar refractivity (Wildman–Crippen MR) is 41.9 cm³/mol. The predicted octanol–water partition coefficient (Wildman–Crippen LogP) is 1.08. The van der Waals surface area contributed by atoms with Gasteiger partial charge < -0.3 is 9.84 Å². The first-order valence-corrected chi connectivity index (χ1v) is 4.35. The number of aromatic nitrogens is 2. The molecule has 0 saturated heterocycles. The van der Waals surface area contributed by atoms with Crippen LogP contribution >= 0.6 is 15.9 Å². The fraction of sp³-hybridized carbons (Fsp3) is 0.667. The summed E-state index contributed by atoms with van der Waals surface area (Å²) in [6.45, 7) is 0.684. The van der Waals surface area contributed by atoms with Crippen LogP contribution in [-0.2, 0) is 6.54 Å². The van der Waals surface area contributed by atoms with Gasteiger partial charge in [0.15, 0.2) is 0 Å². The van der Waals surface area contributed by atoms with Crippen molar-refractivity contribution < 1.29 is 4.52 Å². The number of hydrogen-bond donors (Lipinski definition) is 1. The van der Waals surface area contributed by atoms with Crippen LogP contribution in [0.15, 0.2) is 9.26 Å². The van der Waals surface area contributed by atoms with Crippen LogP contribution in [0.4, 0.5) is 0 Å². The van der Waals surface area contributed by atoms with Crippen molar-refractivity contribution in [1.29, 1.82) is 0 Å². The maximum atomic E-state index is 4.87. The third-order valence-corrected chi connectivity index (χ3v) is 1.88. The number of rotatable bonds is 3. The van der Waals surface area contributed by atoms with Gasteiger partial charge in [0.05, 0.1) is 6.54 Å². The lowest BCUT2D eigenvalue weighted by molar-refractivity contribution is 0.364. The zero-order chi connectivity index (χ0) is 7.68. The van der Waals surface area contributed by atoms with Crippen LogP contribution in [0.3, 0.4) is 0 Å². The molecule has 1 aliphatic carbocycles. The highest BCUT2D eigenvalue weighted by Crippen LogP contribution is 2.19. The SMILES string of the molecule is Brc1noc(CNC2CC2)n1. The lowest BCUT2D eigenvalue weighted by Crippen LogP contribution is -2.15. The van der Waals surface area contributed by atoms with Crippen LogP contribution in [0.5, 0.6) is 0 Å². The molecular weight excluding hydrogens is 210 g/mol. The Balaban J connectivity index is 1.85. The Kier molecular flexibility index (Phi) is 1.91. The van der Waals surface area contributed by atoms with Gasteiger partial charge in [-0.05, 0) is 33.9 Å². The molecule has 1 heterocycles. The van der Waals surface area contributed by atoms with E-state index in [1.54, 1.807) is 0 Å². The average molecular weight is 218 g/mol. The molecule has 1 fully saturated rings. The number of nitrogens with zero attached hydrogens (tertiary/aromatic N) is 2. The van der Waals surface area contributed by atoms with Gasteiger partial charge in [-0.2, -0.15) is 4.98 Å². The van der Waals surface area contributed by atoms with E-state index in [9.17, 15) is 0 Å². The summed E-state index contributed by atoms with van der Waals surface area (Å²) >= 11 is 3.11. The summed E-state index contributed by atoms with van der Waals surface area (Å²) in [6, 6.07) is 0.681. The summed E-state index contributed by atoms with van der Waals surface area (Å²) < 4.78 is 5.39. The van der Waals surface area contributed by atoms with Crippen molar-refractivity contribution in [1.82, 2.24) is 15.5 Å². The second-order valence-electron chi connectivity index (χ2n) is 2.61. The molecule has 0 unspecified atom stereocenters. The first-order valence-electron chi connectivity index (χ1n) is 3.56. The summed E-state index contributed by atoms with van der Waals surface area (Å²) in [7, 11) is 0. The van der Waals surface area contributed by atoms with E-state index in [4.69, 9.17) is 4.52 Å². The summed E-state index contributed by atoms with van der Waals surface area (Å²) in [5.74, 6) is 0.642. The molecular formula is C6H8BrN3O. The largest absolute Gasteiger partial charge is 0.337 e. The monoisotopic (exact) mass is 217 g/mol. The van der Waals surface area contributed by atoms with Crippen molar-refractivity contribution in [2.75, 3.05) is 0 Å². The van der Waals surface area contributed by atoms with Gasteiger partial charge in [-0.25, -0.2) is 0 Å². The Morgan fingerprint density at radius 2 is 2.45 bits per heavy atom. The number of hydrogen-bond acceptors (Lipinski definition) is 4. The van der Waals surface area contributed by atoms with Crippen molar-refractivity contribution in [3.05, 3.63) is 10.6 Å². The van der Waals surface area contributed by atoms with Crippen molar-refractivity contribution in [2.45, 2.75) is 25.4 Å². The highest BCUT2D eigenvalue weighted by Gasteiger charge is 2.20. The molecule has 2 rings (SSSR count). The van der Waals surface area contributed by atoms with E-state index < -0.39 is 0 Å². The van der Waals surface area contributed by atoms with Gasteiger partial charge in [0.25, 0.3) is 0 Å². The summed E-state index contributed by atoms with van der Waals surface area (Å²) in [6.07, 6.45) is 2.55. The summed E-state index contributed by atoms with van der Waals surface area (Å²) in [4.78, 5) is 3.99. The minimum absolute atomic E-state index is 0.519. The van der Waals surface area contributed by atoms with E-state index in [-0.39, 0.29) is 0 Å². The van der Waals surface area contributed by atoms with Crippen molar-refractivity contribution in [3.8, 4) is 0 Å². The Labute approximate surface area is 72.5 Å². The average Bonchev–Trinajstić information content (AvgIpc) is 2.72. The van der Waals surface area contributed by atoms with Gasteiger partial charge in [0.2, 0.25) is 10.6 Å². The Morgan fingerprint density at radius 3 is 3.00 bits per heavy atom. The Hall–Kier alpha value is -0.420. The van der Waals surface area contributed by atoms with E-state index in [2.05, 4.69) is 31.4 Å². The lowest BCUT2D eigenvalue weighted by Gasteiger charge is -1.93. The van der Waals surface area contributed by atoms with Crippen LogP contribution < -0.4 is 5.32 Å². The molecule has 1 N–H and O–H groups in total. The molecule has 1 saturated carbocycles. The quantitative estimate of drug-likeness (QED) is 0.824. The minimum atomic E-state index is 0.519. The second kappa shape index (κ2) is 2.91.